The highest BCUT2D eigenvalue weighted by molar-refractivity contribution is 5.32. The minimum Gasteiger partial charge on any atom is -0.497 e. The van der Waals surface area contributed by atoms with Gasteiger partial charge in [0.25, 0.3) is 0 Å². The van der Waals surface area contributed by atoms with E-state index in [4.69, 9.17) is 19.7 Å². The van der Waals surface area contributed by atoms with Crippen LogP contribution in [0.1, 0.15) is 5.56 Å². The van der Waals surface area contributed by atoms with Crippen LogP contribution < -0.4 is 9.47 Å². The van der Waals surface area contributed by atoms with Crippen LogP contribution in [0.3, 0.4) is 0 Å². The summed E-state index contributed by atoms with van der Waals surface area (Å²) in [4.78, 5) is 2.78. The zero-order chi connectivity index (χ0) is 16.3. The molecule has 0 aliphatic carbocycles. The number of azide groups is 1. The second kappa shape index (κ2) is 9.35. The van der Waals surface area contributed by atoms with Crippen LogP contribution in [0.2, 0.25) is 0 Å². The number of methoxy groups -OCH3 is 1. The molecule has 6 nitrogen and oxygen atoms in total. The number of benzene rings is 2. The maximum absolute atomic E-state index is 8.50. The maximum atomic E-state index is 8.50. The van der Waals surface area contributed by atoms with E-state index in [-0.39, 0.29) is 12.6 Å². The van der Waals surface area contributed by atoms with E-state index in [9.17, 15) is 0 Å². The van der Waals surface area contributed by atoms with E-state index in [1.54, 1.807) is 13.2 Å². The summed E-state index contributed by atoms with van der Waals surface area (Å²) >= 11 is 0. The summed E-state index contributed by atoms with van der Waals surface area (Å²) in [6.07, 6.45) is -0.322. The third-order valence-corrected chi connectivity index (χ3v) is 3.15. The first-order valence-corrected chi connectivity index (χ1v) is 7.25. The quantitative estimate of drug-likeness (QED) is 0.399. The third kappa shape index (κ3) is 5.90. The summed E-state index contributed by atoms with van der Waals surface area (Å²) in [7, 11) is 1.60. The molecular formula is C17H19N3O3. The van der Waals surface area contributed by atoms with Gasteiger partial charge in [-0.05, 0) is 23.2 Å². The number of nitrogens with zero attached hydrogens (tertiary/aromatic N) is 3. The van der Waals surface area contributed by atoms with Crippen LogP contribution in [0.25, 0.3) is 10.4 Å². The number of hydrogen-bond donors (Lipinski definition) is 0. The van der Waals surface area contributed by atoms with Crippen molar-refractivity contribution in [3.05, 3.63) is 70.6 Å². The van der Waals surface area contributed by atoms with Crippen molar-refractivity contribution in [3.8, 4) is 11.5 Å². The highest BCUT2D eigenvalue weighted by Gasteiger charge is 2.10. The third-order valence-electron chi connectivity index (χ3n) is 3.15. The number of rotatable bonds is 9. The van der Waals surface area contributed by atoms with Gasteiger partial charge in [0, 0.05) is 11.0 Å². The molecular weight excluding hydrogens is 294 g/mol. The van der Waals surface area contributed by atoms with E-state index in [0.29, 0.717) is 19.0 Å². The molecule has 0 N–H and O–H groups in total. The molecule has 2 aromatic carbocycles. The Hall–Kier alpha value is -2.69. The lowest BCUT2D eigenvalue weighted by atomic mass is 10.2. The number of ether oxygens (including phenoxy) is 3. The van der Waals surface area contributed by atoms with E-state index in [1.165, 1.54) is 0 Å². The molecule has 0 aromatic heterocycles. The Morgan fingerprint density at radius 3 is 2.61 bits per heavy atom. The zero-order valence-corrected chi connectivity index (χ0v) is 13.0. The lowest BCUT2D eigenvalue weighted by Gasteiger charge is -2.17. The van der Waals surface area contributed by atoms with Crippen molar-refractivity contribution < 1.29 is 14.2 Å². The summed E-state index contributed by atoms with van der Waals surface area (Å²) < 4.78 is 16.6. The average Bonchev–Trinajstić information content (AvgIpc) is 2.62. The summed E-state index contributed by atoms with van der Waals surface area (Å²) in [6.45, 7) is 0.945. The van der Waals surface area contributed by atoms with Gasteiger partial charge in [-0.15, -0.1) is 0 Å². The predicted molar refractivity (Wildman–Crippen MR) is 87.5 cm³/mol. The molecule has 6 heteroatoms. The van der Waals surface area contributed by atoms with Crippen LogP contribution in [0.15, 0.2) is 59.7 Å². The summed E-state index contributed by atoms with van der Waals surface area (Å²) in [6, 6.07) is 17.1. The Balaban J connectivity index is 1.90. The normalized spacial score (nSPS) is 11.3. The van der Waals surface area contributed by atoms with Gasteiger partial charge in [0.05, 0.1) is 26.4 Å². The monoisotopic (exact) mass is 313 g/mol. The van der Waals surface area contributed by atoms with Crippen molar-refractivity contribution in [2.24, 2.45) is 5.11 Å². The highest BCUT2D eigenvalue weighted by Crippen LogP contribution is 2.19. The molecule has 0 bridgehead atoms. The predicted octanol–water partition coefficient (Wildman–Crippen LogP) is 3.97. The van der Waals surface area contributed by atoms with E-state index in [2.05, 4.69) is 10.0 Å². The van der Waals surface area contributed by atoms with Gasteiger partial charge in [-0.2, -0.15) is 0 Å². The van der Waals surface area contributed by atoms with E-state index in [0.717, 1.165) is 11.3 Å². The lowest BCUT2D eigenvalue weighted by Crippen LogP contribution is -2.24. The smallest absolute Gasteiger partial charge is 0.123 e. The van der Waals surface area contributed by atoms with Gasteiger partial charge in [-0.1, -0.05) is 41.5 Å². The molecule has 2 rings (SSSR count). The van der Waals surface area contributed by atoms with Crippen LogP contribution in [-0.4, -0.2) is 26.4 Å². The molecule has 0 aliphatic rings. The lowest BCUT2D eigenvalue weighted by molar-refractivity contribution is 0.0153. The van der Waals surface area contributed by atoms with Crippen molar-refractivity contribution in [2.75, 3.05) is 20.3 Å². The standard InChI is InChI=1S/C17H19N3O3/c1-21-15-8-5-9-16(10-15)23-13-17(11-19-20-18)22-12-14-6-3-2-4-7-14/h2-10,17H,11-13H2,1H3/t17-/m0/s1. The Kier molecular flexibility index (Phi) is 6.78. The van der Waals surface area contributed by atoms with E-state index < -0.39 is 0 Å². The summed E-state index contributed by atoms with van der Waals surface area (Å²) in [5.41, 5.74) is 9.55. The first kappa shape index (κ1) is 16.7. The molecule has 0 radical (unpaired) electrons. The molecule has 0 spiro atoms. The molecule has 0 fully saturated rings. The first-order valence-electron chi connectivity index (χ1n) is 7.25. The summed E-state index contributed by atoms with van der Waals surface area (Å²) in [5.74, 6) is 1.40. The average molecular weight is 313 g/mol. The van der Waals surface area contributed by atoms with Crippen LogP contribution in [0.4, 0.5) is 0 Å². The van der Waals surface area contributed by atoms with E-state index in [1.807, 2.05) is 48.5 Å². The topological polar surface area (TPSA) is 76.5 Å². The van der Waals surface area contributed by atoms with Crippen molar-refractivity contribution in [1.29, 1.82) is 0 Å². The molecule has 0 heterocycles. The van der Waals surface area contributed by atoms with Crippen LogP contribution in [0.5, 0.6) is 11.5 Å². The van der Waals surface area contributed by atoms with Gasteiger partial charge < -0.3 is 14.2 Å². The van der Waals surface area contributed by atoms with Crippen molar-refractivity contribution in [1.82, 2.24) is 0 Å². The Labute approximate surface area is 135 Å². The minimum atomic E-state index is -0.322. The van der Waals surface area contributed by atoms with Crippen LogP contribution in [-0.2, 0) is 11.3 Å². The molecule has 120 valence electrons. The Morgan fingerprint density at radius 2 is 1.87 bits per heavy atom. The Bertz CT molecular complexity index is 643. The molecule has 1 atom stereocenters. The van der Waals surface area contributed by atoms with Gasteiger partial charge in [0.1, 0.15) is 18.1 Å². The van der Waals surface area contributed by atoms with E-state index >= 15 is 0 Å². The molecule has 0 saturated carbocycles. The van der Waals surface area contributed by atoms with Gasteiger partial charge in [0.15, 0.2) is 0 Å². The molecule has 0 aliphatic heterocycles. The Morgan fingerprint density at radius 1 is 1.09 bits per heavy atom. The van der Waals surface area contributed by atoms with Gasteiger partial charge >= 0.3 is 0 Å². The van der Waals surface area contributed by atoms with Gasteiger partial charge in [0.2, 0.25) is 0 Å². The highest BCUT2D eigenvalue weighted by atomic mass is 16.5. The second-order valence-electron chi connectivity index (χ2n) is 4.82. The fourth-order valence-electron chi connectivity index (χ4n) is 1.95. The molecule has 2 aromatic rings. The minimum absolute atomic E-state index is 0.216. The molecule has 0 amide bonds. The number of hydrogen-bond acceptors (Lipinski definition) is 4. The molecule has 0 unspecified atom stereocenters. The van der Waals surface area contributed by atoms with Gasteiger partial charge in [-0.3, -0.25) is 0 Å². The van der Waals surface area contributed by atoms with Crippen molar-refractivity contribution in [3.63, 3.8) is 0 Å². The van der Waals surface area contributed by atoms with Crippen molar-refractivity contribution in [2.45, 2.75) is 12.7 Å². The fourth-order valence-corrected chi connectivity index (χ4v) is 1.95. The fraction of sp³-hybridized carbons (Fsp3) is 0.294. The molecule has 0 saturated heterocycles. The largest absolute Gasteiger partial charge is 0.497 e. The summed E-state index contributed by atoms with van der Waals surface area (Å²) in [5, 5.41) is 3.58. The first-order chi connectivity index (χ1) is 11.3. The van der Waals surface area contributed by atoms with Gasteiger partial charge in [-0.25, -0.2) is 0 Å². The van der Waals surface area contributed by atoms with Crippen LogP contribution in [0, 0.1) is 0 Å². The van der Waals surface area contributed by atoms with Crippen LogP contribution >= 0.6 is 0 Å². The second-order valence-corrected chi connectivity index (χ2v) is 4.82. The van der Waals surface area contributed by atoms with Crippen molar-refractivity contribution >= 4 is 0 Å². The maximum Gasteiger partial charge on any atom is 0.123 e. The molecule has 23 heavy (non-hydrogen) atoms. The SMILES string of the molecule is COc1cccc(OC[C@H](CN=[N+]=[N-])OCc2ccccc2)c1. The zero-order valence-electron chi connectivity index (χ0n) is 13.0.